The fourth-order valence-corrected chi connectivity index (χ4v) is 2.52. The molecule has 124 valence electrons. The van der Waals surface area contributed by atoms with E-state index in [1.807, 2.05) is 29.8 Å². The number of rotatable bonds is 6. The largest absolute Gasteiger partial charge is 0.307 e. The van der Waals surface area contributed by atoms with E-state index in [9.17, 15) is 4.79 Å². The maximum Gasteiger partial charge on any atom is 0.257 e. The first kappa shape index (κ1) is 15.9. The van der Waals surface area contributed by atoms with E-state index in [4.69, 9.17) is 0 Å². The van der Waals surface area contributed by atoms with Crippen LogP contribution in [-0.2, 0) is 6.54 Å². The minimum atomic E-state index is -0.191. The summed E-state index contributed by atoms with van der Waals surface area (Å²) in [6.07, 6.45) is 5.28. The maximum atomic E-state index is 12.8. The van der Waals surface area contributed by atoms with Crippen molar-refractivity contribution in [2.24, 2.45) is 0 Å². The van der Waals surface area contributed by atoms with Gasteiger partial charge in [-0.3, -0.25) is 9.89 Å². The number of carbonyl (C=O) groups is 1. The third-order valence-corrected chi connectivity index (χ3v) is 3.82. The van der Waals surface area contributed by atoms with Gasteiger partial charge in [-0.15, -0.1) is 0 Å². The van der Waals surface area contributed by atoms with Gasteiger partial charge in [0.05, 0.1) is 11.8 Å². The second-order valence-corrected chi connectivity index (χ2v) is 5.59. The van der Waals surface area contributed by atoms with Crippen molar-refractivity contribution in [1.29, 1.82) is 0 Å². The number of H-pyrrole nitrogens is 1. The maximum absolute atomic E-state index is 12.8. The minimum Gasteiger partial charge on any atom is -0.307 e. The standard InChI is InChI=1S/C17H20N6O/c1-3-4-9-23-16(12(2)10-20-23)21-17(24)14-8-6-5-7-13(14)15-18-11-19-22-15/h5-8,10-11H,3-4,9H2,1-2H3,(H,21,24)(H,18,19,22). The molecule has 7 heteroatoms. The van der Waals surface area contributed by atoms with Crippen LogP contribution in [-0.4, -0.2) is 30.9 Å². The summed E-state index contributed by atoms with van der Waals surface area (Å²) in [6.45, 7) is 4.85. The van der Waals surface area contributed by atoms with Gasteiger partial charge in [0.15, 0.2) is 5.82 Å². The van der Waals surface area contributed by atoms with Gasteiger partial charge in [0.25, 0.3) is 5.91 Å². The molecule has 0 saturated carbocycles. The molecule has 0 aliphatic heterocycles. The summed E-state index contributed by atoms with van der Waals surface area (Å²) >= 11 is 0. The van der Waals surface area contributed by atoms with Gasteiger partial charge in [-0.2, -0.15) is 10.2 Å². The SMILES string of the molecule is CCCCn1ncc(C)c1NC(=O)c1ccccc1-c1ncn[nH]1. The van der Waals surface area contributed by atoms with Crippen LogP contribution in [0, 0.1) is 6.92 Å². The Morgan fingerprint density at radius 3 is 2.92 bits per heavy atom. The van der Waals surface area contributed by atoms with Gasteiger partial charge in [0, 0.05) is 17.7 Å². The molecule has 0 aliphatic rings. The lowest BCUT2D eigenvalue weighted by molar-refractivity contribution is 0.102. The van der Waals surface area contributed by atoms with E-state index in [0.29, 0.717) is 17.0 Å². The molecule has 0 unspecified atom stereocenters. The van der Waals surface area contributed by atoms with Crippen LogP contribution in [0.15, 0.2) is 36.8 Å². The van der Waals surface area contributed by atoms with Crippen molar-refractivity contribution in [2.45, 2.75) is 33.2 Å². The Hall–Kier alpha value is -2.96. The van der Waals surface area contributed by atoms with Gasteiger partial charge >= 0.3 is 0 Å². The Labute approximate surface area is 140 Å². The van der Waals surface area contributed by atoms with E-state index < -0.39 is 0 Å². The Balaban J connectivity index is 1.88. The van der Waals surface area contributed by atoms with E-state index in [2.05, 4.69) is 32.5 Å². The summed E-state index contributed by atoms with van der Waals surface area (Å²) in [7, 11) is 0. The Morgan fingerprint density at radius 1 is 1.33 bits per heavy atom. The van der Waals surface area contributed by atoms with Gasteiger partial charge in [-0.05, 0) is 19.4 Å². The number of aromatic amines is 1. The number of anilines is 1. The zero-order valence-electron chi connectivity index (χ0n) is 13.8. The molecule has 24 heavy (non-hydrogen) atoms. The lowest BCUT2D eigenvalue weighted by Gasteiger charge is -2.11. The first-order valence-electron chi connectivity index (χ1n) is 7.99. The van der Waals surface area contributed by atoms with Crippen molar-refractivity contribution in [3.8, 4) is 11.4 Å². The molecule has 2 aromatic heterocycles. The molecular weight excluding hydrogens is 304 g/mol. The number of unbranched alkanes of at least 4 members (excludes halogenated alkanes) is 1. The number of aryl methyl sites for hydroxylation is 2. The van der Waals surface area contributed by atoms with Gasteiger partial charge in [0.1, 0.15) is 12.1 Å². The van der Waals surface area contributed by atoms with Crippen LogP contribution in [0.3, 0.4) is 0 Å². The first-order valence-corrected chi connectivity index (χ1v) is 7.99. The average Bonchev–Trinajstić information content (AvgIpc) is 3.24. The van der Waals surface area contributed by atoms with E-state index >= 15 is 0 Å². The van der Waals surface area contributed by atoms with Crippen molar-refractivity contribution >= 4 is 11.7 Å². The normalized spacial score (nSPS) is 10.8. The first-order chi connectivity index (χ1) is 11.7. The molecule has 0 aliphatic carbocycles. The van der Waals surface area contributed by atoms with Crippen LogP contribution in [0.25, 0.3) is 11.4 Å². The van der Waals surface area contributed by atoms with Gasteiger partial charge in [0.2, 0.25) is 0 Å². The summed E-state index contributed by atoms with van der Waals surface area (Å²) in [6, 6.07) is 7.31. The molecule has 0 spiro atoms. The highest BCUT2D eigenvalue weighted by Gasteiger charge is 2.17. The summed E-state index contributed by atoms with van der Waals surface area (Å²) < 4.78 is 1.84. The highest BCUT2D eigenvalue weighted by Crippen LogP contribution is 2.22. The van der Waals surface area contributed by atoms with Crippen LogP contribution in [0.4, 0.5) is 5.82 Å². The number of nitrogens with one attached hydrogen (secondary N) is 2. The summed E-state index contributed by atoms with van der Waals surface area (Å²) in [5, 5.41) is 14.0. The third kappa shape index (κ3) is 3.19. The highest BCUT2D eigenvalue weighted by molar-refractivity contribution is 6.08. The fourth-order valence-electron chi connectivity index (χ4n) is 2.52. The molecule has 0 saturated heterocycles. The zero-order chi connectivity index (χ0) is 16.9. The monoisotopic (exact) mass is 324 g/mol. The smallest absolute Gasteiger partial charge is 0.257 e. The summed E-state index contributed by atoms with van der Waals surface area (Å²) in [5.74, 6) is 1.11. The molecule has 0 bridgehead atoms. The number of benzene rings is 1. The van der Waals surface area contributed by atoms with E-state index in [0.717, 1.165) is 30.8 Å². The number of hydrogen-bond acceptors (Lipinski definition) is 4. The van der Waals surface area contributed by atoms with Crippen molar-refractivity contribution in [3.63, 3.8) is 0 Å². The van der Waals surface area contributed by atoms with E-state index in [1.54, 1.807) is 12.3 Å². The number of aromatic nitrogens is 5. The predicted octanol–water partition coefficient (Wildman–Crippen LogP) is 3.03. The molecule has 0 fully saturated rings. The molecule has 0 atom stereocenters. The van der Waals surface area contributed by atoms with Crippen LogP contribution in [0.5, 0.6) is 0 Å². The average molecular weight is 324 g/mol. The predicted molar refractivity (Wildman–Crippen MR) is 91.6 cm³/mol. The number of carbonyl (C=O) groups excluding carboxylic acids is 1. The van der Waals surface area contributed by atoms with Crippen molar-refractivity contribution in [2.75, 3.05) is 5.32 Å². The molecule has 3 rings (SSSR count). The second-order valence-electron chi connectivity index (χ2n) is 5.59. The minimum absolute atomic E-state index is 0.191. The number of amides is 1. The van der Waals surface area contributed by atoms with Crippen LogP contribution in [0.1, 0.15) is 35.7 Å². The van der Waals surface area contributed by atoms with Crippen LogP contribution in [0.2, 0.25) is 0 Å². The van der Waals surface area contributed by atoms with Crippen LogP contribution >= 0.6 is 0 Å². The summed E-state index contributed by atoms with van der Waals surface area (Å²) in [4.78, 5) is 16.9. The molecule has 1 aromatic carbocycles. The van der Waals surface area contributed by atoms with Gasteiger partial charge in [-0.25, -0.2) is 9.67 Å². The fraction of sp³-hybridized carbons (Fsp3) is 0.294. The molecule has 1 amide bonds. The molecule has 7 nitrogen and oxygen atoms in total. The third-order valence-electron chi connectivity index (χ3n) is 3.82. The van der Waals surface area contributed by atoms with Crippen molar-refractivity contribution < 1.29 is 4.79 Å². The highest BCUT2D eigenvalue weighted by atomic mass is 16.1. The topological polar surface area (TPSA) is 88.5 Å². The van der Waals surface area contributed by atoms with Gasteiger partial charge < -0.3 is 5.32 Å². The second kappa shape index (κ2) is 7.08. The Kier molecular flexibility index (Phi) is 4.69. The lowest BCUT2D eigenvalue weighted by Crippen LogP contribution is -2.17. The van der Waals surface area contributed by atoms with E-state index in [1.165, 1.54) is 6.33 Å². The van der Waals surface area contributed by atoms with Crippen molar-refractivity contribution in [3.05, 3.63) is 47.9 Å². The Morgan fingerprint density at radius 2 is 2.17 bits per heavy atom. The number of nitrogens with zero attached hydrogens (tertiary/aromatic N) is 4. The number of hydrogen-bond donors (Lipinski definition) is 2. The molecule has 0 radical (unpaired) electrons. The summed E-state index contributed by atoms with van der Waals surface area (Å²) in [5.41, 5.74) is 2.19. The lowest BCUT2D eigenvalue weighted by atomic mass is 10.1. The zero-order valence-corrected chi connectivity index (χ0v) is 13.8. The van der Waals surface area contributed by atoms with E-state index in [-0.39, 0.29) is 5.91 Å². The van der Waals surface area contributed by atoms with Crippen molar-refractivity contribution in [1.82, 2.24) is 25.0 Å². The molecule has 2 N–H and O–H groups in total. The van der Waals surface area contributed by atoms with Crippen LogP contribution < -0.4 is 5.32 Å². The van der Waals surface area contributed by atoms with Gasteiger partial charge in [-0.1, -0.05) is 31.5 Å². The molecule has 3 aromatic rings. The Bertz CT molecular complexity index is 821. The quantitative estimate of drug-likeness (QED) is 0.729. The molecular formula is C17H20N6O. The molecule has 2 heterocycles.